The molecule has 198 valence electrons. The molecule has 3 saturated carbocycles. The van der Waals surface area contributed by atoms with Crippen LogP contribution in [0.3, 0.4) is 0 Å². The van der Waals surface area contributed by atoms with E-state index in [1.54, 1.807) is 0 Å². The van der Waals surface area contributed by atoms with Gasteiger partial charge in [0.25, 0.3) is 0 Å². The maximum atomic E-state index is 14.3. The van der Waals surface area contributed by atoms with Crippen LogP contribution in [0.5, 0.6) is 0 Å². The van der Waals surface area contributed by atoms with Gasteiger partial charge in [-0.3, -0.25) is 0 Å². The number of rotatable bonds is 7. The van der Waals surface area contributed by atoms with E-state index >= 15 is 0 Å². The topological polar surface area (TPSA) is 120 Å². The fourth-order valence-electron chi connectivity index (χ4n) is 6.50. The summed E-state index contributed by atoms with van der Waals surface area (Å²) >= 11 is 0. The van der Waals surface area contributed by atoms with E-state index in [-0.39, 0.29) is 16.8 Å². The zero-order chi connectivity index (χ0) is 26.1. The second-order valence-electron chi connectivity index (χ2n) is 10.8. The first-order valence-electron chi connectivity index (χ1n) is 12.1. The second kappa shape index (κ2) is 8.58. The summed E-state index contributed by atoms with van der Waals surface area (Å²) in [7, 11) is 1.45. The molecule has 0 unspecified atom stereocenters. The van der Waals surface area contributed by atoms with Gasteiger partial charge in [-0.05, 0) is 36.8 Å². The lowest BCUT2D eigenvalue weighted by molar-refractivity contribution is -0.212. The van der Waals surface area contributed by atoms with Crippen molar-refractivity contribution in [2.24, 2.45) is 5.41 Å². The maximum absolute atomic E-state index is 14.3. The highest BCUT2D eigenvalue weighted by molar-refractivity contribution is 5.58. The summed E-state index contributed by atoms with van der Waals surface area (Å²) in [5, 5.41) is 37.5. The molecule has 0 radical (unpaired) electrons. The van der Waals surface area contributed by atoms with Crippen LogP contribution in [0.2, 0.25) is 0 Å². The molecule has 2 N–H and O–H groups in total. The van der Waals surface area contributed by atoms with Crippen molar-refractivity contribution in [2.45, 2.75) is 68.6 Å². The molecule has 3 aromatic rings. The van der Waals surface area contributed by atoms with E-state index in [4.69, 9.17) is 9.47 Å². The molecule has 1 aliphatic heterocycles. The summed E-state index contributed by atoms with van der Waals surface area (Å²) in [5.41, 5.74) is 0.799. The number of aliphatic hydroxyl groups is 2. The molecule has 1 aromatic carbocycles. The molecular formula is C24H27F3N6O4. The quantitative estimate of drug-likeness (QED) is 0.453. The highest BCUT2D eigenvalue weighted by atomic mass is 19.2. The zero-order valence-electron chi connectivity index (χ0n) is 20.3. The summed E-state index contributed by atoms with van der Waals surface area (Å²) in [6, 6.07) is 0.973. The molecule has 0 spiro atoms. The number of aliphatic hydroxyl groups excluding tert-OH is 2. The molecule has 2 bridgehead atoms. The van der Waals surface area contributed by atoms with Gasteiger partial charge in [0.2, 0.25) is 0 Å². The Morgan fingerprint density at radius 2 is 1.84 bits per heavy atom. The summed E-state index contributed by atoms with van der Waals surface area (Å²) in [4.78, 5) is 0. The van der Waals surface area contributed by atoms with Gasteiger partial charge in [-0.25, -0.2) is 22.5 Å². The van der Waals surface area contributed by atoms with Crippen molar-refractivity contribution in [1.29, 1.82) is 0 Å². The minimum Gasteiger partial charge on any atom is -0.394 e. The van der Waals surface area contributed by atoms with Gasteiger partial charge < -0.3 is 19.7 Å². The molecule has 37 heavy (non-hydrogen) atoms. The Bertz CT molecular complexity index is 1310. The van der Waals surface area contributed by atoms with Crippen molar-refractivity contribution in [2.75, 3.05) is 13.7 Å². The molecule has 13 heteroatoms. The molecular weight excluding hydrogens is 493 g/mol. The van der Waals surface area contributed by atoms with Crippen LogP contribution >= 0.6 is 0 Å². The van der Waals surface area contributed by atoms with Gasteiger partial charge in [0.15, 0.2) is 17.5 Å². The Balaban J connectivity index is 1.27. The molecule has 7 rings (SSSR count). The van der Waals surface area contributed by atoms with Gasteiger partial charge >= 0.3 is 0 Å². The number of hydrogen-bond acceptors (Lipinski definition) is 8. The Morgan fingerprint density at radius 1 is 1.08 bits per heavy atom. The summed E-state index contributed by atoms with van der Waals surface area (Å²) in [6.07, 6.45) is 3.13. The minimum absolute atomic E-state index is 0.0483. The van der Waals surface area contributed by atoms with Gasteiger partial charge in [0.1, 0.15) is 30.0 Å². The predicted molar refractivity (Wildman–Crippen MR) is 121 cm³/mol. The first-order chi connectivity index (χ1) is 17.7. The predicted octanol–water partition coefficient (Wildman–Crippen LogP) is 1.77. The average Bonchev–Trinajstić information content (AvgIpc) is 3.50. The van der Waals surface area contributed by atoms with Crippen LogP contribution in [-0.2, 0) is 21.4 Å². The lowest BCUT2D eigenvalue weighted by Gasteiger charge is -2.68. The molecule has 3 aliphatic carbocycles. The molecule has 0 amide bonds. The molecule has 4 aliphatic rings. The summed E-state index contributed by atoms with van der Waals surface area (Å²) in [6.45, 7) is 1.79. The van der Waals surface area contributed by atoms with E-state index in [0.717, 1.165) is 31.4 Å². The third kappa shape index (κ3) is 3.78. The van der Waals surface area contributed by atoms with E-state index in [0.29, 0.717) is 17.5 Å². The van der Waals surface area contributed by atoms with Crippen LogP contribution in [-0.4, -0.2) is 78.3 Å². The maximum Gasteiger partial charge on any atom is 0.195 e. The second-order valence-corrected chi connectivity index (χ2v) is 10.8. The molecule has 5 atom stereocenters. The largest absolute Gasteiger partial charge is 0.394 e. The highest BCUT2D eigenvalue weighted by Crippen LogP contribution is 2.70. The van der Waals surface area contributed by atoms with Crippen molar-refractivity contribution in [3.63, 3.8) is 0 Å². The van der Waals surface area contributed by atoms with Crippen LogP contribution < -0.4 is 0 Å². The Hall–Kier alpha value is -2.87. The zero-order valence-corrected chi connectivity index (χ0v) is 20.3. The van der Waals surface area contributed by atoms with E-state index < -0.39 is 54.5 Å². The van der Waals surface area contributed by atoms with Crippen molar-refractivity contribution in [3.8, 4) is 11.3 Å². The molecule has 1 saturated heterocycles. The van der Waals surface area contributed by atoms with Crippen LogP contribution in [0.1, 0.15) is 37.9 Å². The van der Waals surface area contributed by atoms with Crippen LogP contribution in [0.15, 0.2) is 24.5 Å². The lowest BCUT2D eigenvalue weighted by Crippen LogP contribution is -2.66. The van der Waals surface area contributed by atoms with E-state index in [2.05, 4.69) is 27.5 Å². The average molecular weight is 521 g/mol. The molecule has 10 nitrogen and oxygen atoms in total. The normalized spacial score (nSPS) is 34.7. The first-order valence-corrected chi connectivity index (χ1v) is 12.1. The lowest BCUT2D eigenvalue weighted by atomic mass is 9.40. The number of benzene rings is 1. The smallest absolute Gasteiger partial charge is 0.195 e. The first kappa shape index (κ1) is 24.5. The number of methoxy groups -OCH3 is 1. The van der Waals surface area contributed by atoms with Gasteiger partial charge in [-0.15, -0.1) is 10.2 Å². The van der Waals surface area contributed by atoms with Gasteiger partial charge in [0.05, 0.1) is 30.1 Å². The summed E-state index contributed by atoms with van der Waals surface area (Å²) < 4.78 is 56.4. The van der Waals surface area contributed by atoms with Gasteiger partial charge in [-0.2, -0.15) is 0 Å². The van der Waals surface area contributed by atoms with E-state index in [1.807, 2.05) is 10.9 Å². The molecule has 3 heterocycles. The standard InChI is InChI=1S/C24H27F3N6O4/c1-23-9-24(10-23,11-23)33-6-12(28-31-33)5-16-22(36-2)20(21(35)17(8-34)37-16)32-7-15(29-30-32)13-3-4-14(25)19(27)18(13)26/h3-4,6-7,16-17,20-22,34-35H,5,8-11H2,1-2H3/t16-,17-,20+,21+,22+,23?,24?/m1/s1. The minimum atomic E-state index is -1.62. The van der Waals surface area contributed by atoms with E-state index in [1.165, 1.54) is 18.0 Å². The van der Waals surface area contributed by atoms with Crippen molar-refractivity contribution >= 4 is 0 Å². The fraction of sp³-hybridized carbons (Fsp3) is 0.583. The third-order valence-corrected chi connectivity index (χ3v) is 8.07. The number of ether oxygens (including phenoxy) is 2. The number of nitrogens with zero attached hydrogens (tertiary/aromatic N) is 6. The number of aromatic nitrogens is 6. The summed E-state index contributed by atoms with van der Waals surface area (Å²) in [5.74, 6) is -4.33. The van der Waals surface area contributed by atoms with Crippen LogP contribution in [0.4, 0.5) is 13.2 Å². The van der Waals surface area contributed by atoms with Crippen molar-refractivity contribution < 1.29 is 32.9 Å². The Labute approximate surface area is 210 Å². The third-order valence-electron chi connectivity index (χ3n) is 8.07. The molecule has 2 aromatic heterocycles. The molecule has 4 fully saturated rings. The fourth-order valence-corrected chi connectivity index (χ4v) is 6.50. The van der Waals surface area contributed by atoms with E-state index in [9.17, 15) is 23.4 Å². The Morgan fingerprint density at radius 3 is 2.51 bits per heavy atom. The van der Waals surface area contributed by atoms with Gasteiger partial charge in [0, 0.05) is 25.3 Å². The van der Waals surface area contributed by atoms with Crippen LogP contribution in [0, 0.1) is 22.9 Å². The Kier molecular flexibility index (Phi) is 5.67. The van der Waals surface area contributed by atoms with Crippen molar-refractivity contribution in [1.82, 2.24) is 30.0 Å². The number of halogens is 3. The highest BCUT2D eigenvalue weighted by Gasteiger charge is 2.67. The van der Waals surface area contributed by atoms with Crippen LogP contribution in [0.25, 0.3) is 11.3 Å². The van der Waals surface area contributed by atoms with Crippen molar-refractivity contribution in [3.05, 3.63) is 47.7 Å². The SMILES string of the molecule is CO[C@@H]1[C@@H](n2cc(-c3ccc(F)c(F)c3F)nn2)[C@@H](O)[C@@H](CO)O[C@@H]1Cc1cn(C23CC(C)(C2)C3)nn1. The van der Waals surface area contributed by atoms with Gasteiger partial charge in [-0.1, -0.05) is 17.4 Å². The number of hydrogen-bond donors (Lipinski definition) is 2. The monoisotopic (exact) mass is 520 g/mol.